The molecule has 3 nitrogen and oxygen atoms in total. The molecule has 0 saturated heterocycles. The Labute approximate surface area is 62.2 Å². The number of ether oxygens (including phenoxy) is 1. The van der Waals surface area contributed by atoms with Crippen molar-refractivity contribution in [1.82, 2.24) is 0 Å². The molecule has 10 heavy (non-hydrogen) atoms. The maximum absolute atomic E-state index is 8.46. The third-order valence-electron chi connectivity index (χ3n) is 1.18. The van der Waals surface area contributed by atoms with Gasteiger partial charge in [-0.1, -0.05) is 6.92 Å². The molecule has 0 aromatic rings. The molecule has 3 N–H and O–H groups in total. The number of aliphatic hydroxyl groups is 1. The third kappa shape index (κ3) is 6.01. The van der Waals surface area contributed by atoms with Gasteiger partial charge in [0.1, 0.15) is 0 Å². The largest absolute Gasteiger partial charge is 0.396 e. The number of hydrogen-bond donors (Lipinski definition) is 2. The normalized spacial score (nSPS) is 13.5. The van der Waals surface area contributed by atoms with Crippen LogP contribution in [0.2, 0.25) is 0 Å². The molecular weight excluding hydrogens is 130 g/mol. The average molecular weight is 147 g/mol. The lowest BCUT2D eigenvalue weighted by atomic mass is 10.2. The highest BCUT2D eigenvalue weighted by Gasteiger charge is 1.99. The lowest BCUT2D eigenvalue weighted by molar-refractivity contribution is 0.113. The minimum atomic E-state index is -0.00319. The van der Waals surface area contributed by atoms with Crippen LogP contribution < -0.4 is 5.73 Å². The zero-order valence-electron chi connectivity index (χ0n) is 6.55. The second-order valence-corrected chi connectivity index (χ2v) is 2.35. The first-order chi connectivity index (χ1) is 4.81. The molecule has 1 unspecified atom stereocenters. The Bertz CT molecular complexity index is 68.6. The lowest BCUT2D eigenvalue weighted by Crippen LogP contribution is -2.27. The molecule has 0 heterocycles. The van der Waals surface area contributed by atoms with Crippen molar-refractivity contribution in [2.24, 2.45) is 5.73 Å². The van der Waals surface area contributed by atoms with Crippen LogP contribution in [0.25, 0.3) is 0 Å². The van der Waals surface area contributed by atoms with E-state index in [1.54, 1.807) is 0 Å². The molecule has 0 amide bonds. The van der Waals surface area contributed by atoms with Gasteiger partial charge in [-0.3, -0.25) is 0 Å². The first-order valence-corrected chi connectivity index (χ1v) is 3.75. The summed E-state index contributed by atoms with van der Waals surface area (Å²) < 4.78 is 5.16. The second-order valence-electron chi connectivity index (χ2n) is 2.35. The van der Waals surface area contributed by atoms with Crippen molar-refractivity contribution in [2.45, 2.75) is 25.8 Å². The Morgan fingerprint density at radius 2 is 2.30 bits per heavy atom. The van der Waals surface area contributed by atoms with E-state index < -0.39 is 0 Å². The van der Waals surface area contributed by atoms with Crippen LogP contribution in [0, 0.1) is 0 Å². The van der Waals surface area contributed by atoms with Crippen molar-refractivity contribution >= 4 is 0 Å². The van der Waals surface area contributed by atoms with E-state index in [1.807, 2.05) is 0 Å². The van der Waals surface area contributed by atoms with Gasteiger partial charge >= 0.3 is 0 Å². The zero-order chi connectivity index (χ0) is 7.82. The minimum absolute atomic E-state index is 0.00319. The highest BCUT2D eigenvalue weighted by Crippen LogP contribution is 1.88. The Kier molecular flexibility index (Phi) is 6.91. The van der Waals surface area contributed by atoms with Gasteiger partial charge in [0.25, 0.3) is 0 Å². The van der Waals surface area contributed by atoms with Crippen molar-refractivity contribution < 1.29 is 9.84 Å². The fourth-order valence-corrected chi connectivity index (χ4v) is 0.628. The highest BCUT2D eigenvalue weighted by molar-refractivity contribution is 4.57. The molecule has 0 fully saturated rings. The van der Waals surface area contributed by atoms with Gasteiger partial charge in [-0.2, -0.15) is 0 Å². The van der Waals surface area contributed by atoms with Gasteiger partial charge in [0.2, 0.25) is 0 Å². The molecule has 62 valence electrons. The molecule has 0 aliphatic carbocycles. The van der Waals surface area contributed by atoms with Crippen LogP contribution in [-0.4, -0.2) is 31.0 Å². The summed E-state index contributed by atoms with van der Waals surface area (Å²) in [7, 11) is 0. The zero-order valence-corrected chi connectivity index (χ0v) is 6.55. The van der Waals surface area contributed by atoms with Crippen molar-refractivity contribution in [3.05, 3.63) is 0 Å². The monoisotopic (exact) mass is 147 g/mol. The van der Waals surface area contributed by atoms with Crippen LogP contribution in [0.5, 0.6) is 0 Å². The van der Waals surface area contributed by atoms with Gasteiger partial charge in [-0.25, -0.2) is 0 Å². The van der Waals surface area contributed by atoms with Gasteiger partial charge in [0.05, 0.1) is 6.61 Å². The van der Waals surface area contributed by atoms with Gasteiger partial charge in [0, 0.05) is 19.3 Å². The van der Waals surface area contributed by atoms with Crippen LogP contribution in [-0.2, 0) is 4.74 Å². The molecule has 0 aliphatic heterocycles. The molecule has 0 radical (unpaired) electrons. The fourth-order valence-electron chi connectivity index (χ4n) is 0.628. The molecule has 0 bridgehead atoms. The quantitative estimate of drug-likeness (QED) is 0.525. The highest BCUT2D eigenvalue weighted by atomic mass is 16.5. The Morgan fingerprint density at radius 1 is 1.60 bits per heavy atom. The van der Waals surface area contributed by atoms with Crippen LogP contribution in [0.3, 0.4) is 0 Å². The van der Waals surface area contributed by atoms with E-state index in [2.05, 4.69) is 6.92 Å². The first-order valence-electron chi connectivity index (χ1n) is 3.75. The summed E-state index contributed by atoms with van der Waals surface area (Å²) in [5, 5.41) is 8.46. The summed E-state index contributed by atoms with van der Waals surface area (Å²) in [6.07, 6.45) is 1.65. The van der Waals surface area contributed by atoms with Crippen molar-refractivity contribution in [3.8, 4) is 0 Å². The molecule has 3 heteroatoms. The smallest absolute Gasteiger partial charge is 0.0618 e. The maximum Gasteiger partial charge on any atom is 0.0618 e. The lowest BCUT2D eigenvalue weighted by Gasteiger charge is -2.09. The van der Waals surface area contributed by atoms with Crippen molar-refractivity contribution in [2.75, 3.05) is 19.8 Å². The van der Waals surface area contributed by atoms with E-state index in [-0.39, 0.29) is 12.6 Å². The summed E-state index contributed by atoms with van der Waals surface area (Å²) in [5.74, 6) is 0. The van der Waals surface area contributed by atoms with Gasteiger partial charge in [-0.15, -0.1) is 0 Å². The van der Waals surface area contributed by atoms with Gasteiger partial charge in [0.15, 0.2) is 0 Å². The second kappa shape index (κ2) is 6.99. The van der Waals surface area contributed by atoms with E-state index in [4.69, 9.17) is 15.6 Å². The molecule has 0 aliphatic rings. The van der Waals surface area contributed by atoms with E-state index in [9.17, 15) is 0 Å². The van der Waals surface area contributed by atoms with E-state index in [1.165, 1.54) is 0 Å². The van der Waals surface area contributed by atoms with Gasteiger partial charge in [-0.05, 0) is 12.8 Å². The SMILES string of the molecule is CCCOCC(N)CCO. The predicted molar refractivity (Wildman–Crippen MR) is 40.8 cm³/mol. The molecule has 0 aromatic heterocycles. The van der Waals surface area contributed by atoms with Crippen LogP contribution >= 0.6 is 0 Å². The van der Waals surface area contributed by atoms with Crippen LogP contribution in [0.15, 0.2) is 0 Å². The topological polar surface area (TPSA) is 55.5 Å². The summed E-state index contributed by atoms with van der Waals surface area (Å²) in [5.41, 5.74) is 5.54. The summed E-state index contributed by atoms with van der Waals surface area (Å²) in [4.78, 5) is 0. The molecular formula is C7H17NO2. The Balaban J connectivity index is 2.97. The van der Waals surface area contributed by atoms with Gasteiger partial charge < -0.3 is 15.6 Å². The van der Waals surface area contributed by atoms with Crippen LogP contribution in [0.4, 0.5) is 0 Å². The number of hydrogen-bond acceptors (Lipinski definition) is 3. The van der Waals surface area contributed by atoms with E-state index in [0.717, 1.165) is 13.0 Å². The van der Waals surface area contributed by atoms with Crippen molar-refractivity contribution in [1.29, 1.82) is 0 Å². The predicted octanol–water partition coefficient (Wildman–Crippen LogP) is 0.123. The molecule has 0 saturated carbocycles. The summed E-state index contributed by atoms with van der Waals surface area (Å²) in [6, 6.07) is -0.00319. The van der Waals surface area contributed by atoms with E-state index in [0.29, 0.717) is 13.0 Å². The molecule has 0 spiro atoms. The minimum Gasteiger partial charge on any atom is -0.396 e. The first kappa shape index (κ1) is 9.88. The molecule has 0 rings (SSSR count). The number of nitrogens with two attached hydrogens (primary N) is 1. The third-order valence-corrected chi connectivity index (χ3v) is 1.18. The standard InChI is InChI=1S/C7H17NO2/c1-2-5-10-6-7(8)3-4-9/h7,9H,2-6,8H2,1H3. The molecule has 0 aromatic carbocycles. The average Bonchev–Trinajstić information content (AvgIpc) is 1.89. The van der Waals surface area contributed by atoms with Crippen molar-refractivity contribution in [3.63, 3.8) is 0 Å². The summed E-state index contributed by atoms with van der Waals surface area (Å²) >= 11 is 0. The van der Waals surface area contributed by atoms with Crippen LogP contribution in [0.1, 0.15) is 19.8 Å². The number of aliphatic hydroxyl groups excluding tert-OH is 1. The fraction of sp³-hybridized carbons (Fsp3) is 1.00. The maximum atomic E-state index is 8.46. The molecule has 1 atom stereocenters. The Morgan fingerprint density at radius 3 is 2.80 bits per heavy atom. The Hall–Kier alpha value is -0.120. The van der Waals surface area contributed by atoms with E-state index >= 15 is 0 Å². The number of rotatable bonds is 6. The summed E-state index contributed by atoms with van der Waals surface area (Å²) in [6.45, 7) is 3.53.